The quantitative estimate of drug-likeness (QED) is 0.453. The van der Waals surface area contributed by atoms with Gasteiger partial charge in [0.15, 0.2) is 5.79 Å². The van der Waals surface area contributed by atoms with Gasteiger partial charge in [-0.15, -0.1) is 0 Å². The van der Waals surface area contributed by atoms with Crippen molar-refractivity contribution in [2.75, 3.05) is 20.0 Å². The van der Waals surface area contributed by atoms with Crippen LogP contribution in [0.15, 0.2) is 35.9 Å². The van der Waals surface area contributed by atoms with E-state index in [2.05, 4.69) is 0 Å². The average molecular weight is 518 g/mol. The van der Waals surface area contributed by atoms with Crippen LogP contribution < -0.4 is 4.74 Å². The predicted molar refractivity (Wildman–Crippen MR) is 140 cm³/mol. The molecule has 7 nitrogen and oxygen atoms in total. The lowest BCUT2D eigenvalue weighted by molar-refractivity contribution is -0.305. The molecule has 1 amide bonds. The van der Waals surface area contributed by atoms with Crippen LogP contribution in [0.2, 0.25) is 0 Å². The highest BCUT2D eigenvalue weighted by Gasteiger charge is 2.54. The summed E-state index contributed by atoms with van der Waals surface area (Å²) in [5, 5.41) is 0.00668. The molecule has 0 unspecified atom stereocenters. The van der Waals surface area contributed by atoms with Gasteiger partial charge >= 0.3 is 5.97 Å². The van der Waals surface area contributed by atoms with Gasteiger partial charge in [0.25, 0.3) is 5.24 Å². The van der Waals surface area contributed by atoms with Crippen molar-refractivity contribution in [3.05, 3.63) is 41.5 Å². The molecule has 3 heterocycles. The van der Waals surface area contributed by atoms with Crippen molar-refractivity contribution in [3.8, 4) is 5.75 Å². The van der Waals surface area contributed by atoms with Gasteiger partial charge in [0.05, 0.1) is 19.3 Å². The summed E-state index contributed by atoms with van der Waals surface area (Å²) in [5.41, 5.74) is 2.07. The van der Waals surface area contributed by atoms with E-state index in [0.717, 1.165) is 55.4 Å². The van der Waals surface area contributed by atoms with Crippen LogP contribution in [0.4, 0.5) is 4.79 Å². The molecule has 1 aromatic rings. The fourth-order valence-electron chi connectivity index (χ4n) is 5.52. The Morgan fingerprint density at radius 1 is 1.06 bits per heavy atom. The number of carbonyl (C=O) groups excluding carboxylic acids is 2. The van der Waals surface area contributed by atoms with Gasteiger partial charge in [0.1, 0.15) is 11.9 Å². The first kappa shape index (κ1) is 27.0. The number of amides is 1. The van der Waals surface area contributed by atoms with E-state index in [-0.39, 0.29) is 29.5 Å². The molecule has 3 aliphatic heterocycles. The van der Waals surface area contributed by atoms with E-state index in [0.29, 0.717) is 25.1 Å². The molecule has 2 saturated heterocycles. The highest BCUT2D eigenvalue weighted by molar-refractivity contribution is 8.13. The number of rotatable bonds is 5. The molecule has 0 saturated carbocycles. The van der Waals surface area contributed by atoms with Crippen molar-refractivity contribution in [1.29, 1.82) is 0 Å². The third-order valence-corrected chi connectivity index (χ3v) is 8.45. The molecule has 0 aliphatic carbocycles. The molecular weight excluding hydrogens is 478 g/mol. The minimum Gasteiger partial charge on any atom is -0.497 e. The molecule has 36 heavy (non-hydrogen) atoms. The van der Waals surface area contributed by atoms with Crippen LogP contribution >= 0.6 is 11.8 Å². The molecular formula is C28H39NO6S. The van der Waals surface area contributed by atoms with E-state index >= 15 is 0 Å². The Kier molecular flexibility index (Phi) is 9.36. The zero-order valence-corrected chi connectivity index (χ0v) is 22.5. The molecule has 8 heteroatoms. The molecule has 4 rings (SSSR count). The van der Waals surface area contributed by atoms with E-state index in [1.54, 1.807) is 20.3 Å². The number of hydrogen-bond acceptors (Lipinski definition) is 7. The van der Waals surface area contributed by atoms with Crippen molar-refractivity contribution >= 4 is 23.0 Å². The van der Waals surface area contributed by atoms with Crippen LogP contribution in [0, 0.1) is 0 Å². The van der Waals surface area contributed by atoms with Crippen molar-refractivity contribution < 1.29 is 28.5 Å². The topological polar surface area (TPSA) is 74.3 Å². The summed E-state index contributed by atoms with van der Waals surface area (Å²) in [4.78, 5) is 27.6. The highest BCUT2D eigenvalue weighted by atomic mass is 32.2. The number of thioether (sulfide) groups is 1. The summed E-state index contributed by atoms with van der Waals surface area (Å²) in [7, 11) is 3.28. The Labute approximate surface area is 218 Å². The third-order valence-electron chi connectivity index (χ3n) is 7.49. The second kappa shape index (κ2) is 12.5. The molecule has 198 valence electrons. The summed E-state index contributed by atoms with van der Waals surface area (Å²) in [6, 6.07) is 7.45. The Hall–Kier alpha value is -2.03. The molecule has 3 aliphatic rings. The fourth-order valence-corrected chi connectivity index (χ4v) is 6.61. The highest BCUT2D eigenvalue weighted by Crippen LogP contribution is 2.43. The van der Waals surface area contributed by atoms with Gasteiger partial charge in [0.2, 0.25) is 0 Å². The Bertz CT molecular complexity index is 934. The second-order valence-corrected chi connectivity index (χ2v) is 11.1. The number of methoxy groups -OCH3 is 2. The maximum Gasteiger partial charge on any atom is 0.330 e. The largest absolute Gasteiger partial charge is 0.497 e. The van der Waals surface area contributed by atoms with E-state index in [1.165, 1.54) is 18.2 Å². The standard InChI is InChI=1S/C28H39NO6S/c1-20-9-7-5-4-6-8-10-23-16-24(34-26(30)15-20)17-28(33-3,35-23)25-19-36-27(31)29(25)18-21-11-13-22(32-2)14-12-21/h11-15,23-25H,4-10,16-19H2,1-3H3/t23-,24-,25+,28-/m1/s1. The Balaban J connectivity index is 1.57. The van der Waals surface area contributed by atoms with E-state index in [4.69, 9.17) is 18.9 Å². The van der Waals surface area contributed by atoms with Crippen molar-refractivity contribution in [1.82, 2.24) is 4.90 Å². The van der Waals surface area contributed by atoms with Crippen LogP contribution in [-0.4, -0.2) is 60.1 Å². The zero-order chi connectivity index (χ0) is 25.5. The predicted octanol–water partition coefficient (Wildman–Crippen LogP) is 5.86. The zero-order valence-electron chi connectivity index (χ0n) is 21.7. The summed E-state index contributed by atoms with van der Waals surface area (Å²) in [5.74, 6) is 0.00916. The van der Waals surface area contributed by atoms with Gasteiger partial charge in [-0.2, -0.15) is 0 Å². The lowest BCUT2D eigenvalue weighted by Crippen LogP contribution is -2.60. The number of fused-ring (bicyclic) bond motifs is 2. The second-order valence-electron chi connectivity index (χ2n) is 10.1. The van der Waals surface area contributed by atoms with Gasteiger partial charge in [-0.1, -0.05) is 55.2 Å². The van der Waals surface area contributed by atoms with E-state index < -0.39 is 5.79 Å². The molecule has 0 aromatic heterocycles. The molecule has 0 N–H and O–H groups in total. The molecule has 2 bridgehead atoms. The molecule has 2 fully saturated rings. The minimum absolute atomic E-state index is 0.00668. The van der Waals surface area contributed by atoms with Gasteiger partial charge < -0.3 is 23.8 Å². The van der Waals surface area contributed by atoms with Gasteiger partial charge in [-0.05, 0) is 43.9 Å². The first-order valence-electron chi connectivity index (χ1n) is 13.1. The van der Waals surface area contributed by atoms with Gasteiger partial charge in [-0.3, -0.25) is 4.79 Å². The fraction of sp³-hybridized carbons (Fsp3) is 0.643. The Morgan fingerprint density at radius 2 is 1.81 bits per heavy atom. The Morgan fingerprint density at radius 3 is 2.56 bits per heavy atom. The average Bonchev–Trinajstić information content (AvgIpc) is 3.23. The van der Waals surface area contributed by atoms with Crippen LogP contribution in [0.5, 0.6) is 5.75 Å². The van der Waals surface area contributed by atoms with Crippen LogP contribution in [0.1, 0.15) is 70.3 Å². The molecule has 1 aromatic carbocycles. The number of hydrogen-bond donors (Lipinski definition) is 0. The van der Waals surface area contributed by atoms with E-state index in [1.807, 2.05) is 36.1 Å². The SMILES string of the molecule is COc1ccc(CN2C(=O)SC[C@H]2[C@@]2(OC)C[C@H]3C[C@@H](CCCCCCCC(C)=CC(=O)O3)O2)cc1. The molecule has 0 radical (unpaired) electrons. The molecule has 0 spiro atoms. The summed E-state index contributed by atoms with van der Waals surface area (Å²) in [6.07, 6.45) is 9.76. The summed E-state index contributed by atoms with van der Waals surface area (Å²) in [6.45, 7) is 2.45. The van der Waals surface area contributed by atoms with Gasteiger partial charge in [-0.25, -0.2) is 4.79 Å². The third kappa shape index (κ3) is 6.64. The summed E-state index contributed by atoms with van der Waals surface area (Å²) < 4.78 is 24.0. The first-order chi connectivity index (χ1) is 17.4. The summed E-state index contributed by atoms with van der Waals surface area (Å²) >= 11 is 1.29. The number of allylic oxidation sites excluding steroid dienone is 1. The number of benzene rings is 1. The maximum atomic E-state index is 13.0. The number of carbonyl (C=O) groups is 2. The van der Waals surface area contributed by atoms with Gasteiger partial charge in [0, 0.05) is 38.3 Å². The van der Waals surface area contributed by atoms with E-state index in [9.17, 15) is 9.59 Å². The van der Waals surface area contributed by atoms with Crippen LogP contribution in [0.25, 0.3) is 0 Å². The van der Waals surface area contributed by atoms with Crippen molar-refractivity contribution in [2.45, 2.75) is 95.3 Å². The monoisotopic (exact) mass is 517 g/mol. The lowest BCUT2D eigenvalue weighted by atomic mass is 9.90. The lowest BCUT2D eigenvalue weighted by Gasteiger charge is -2.48. The number of ether oxygens (including phenoxy) is 4. The van der Waals surface area contributed by atoms with Crippen molar-refractivity contribution in [2.24, 2.45) is 0 Å². The normalized spacial score (nSPS) is 30.4. The maximum absolute atomic E-state index is 13.0. The first-order valence-corrected chi connectivity index (χ1v) is 14.1. The van der Waals surface area contributed by atoms with Crippen molar-refractivity contribution in [3.63, 3.8) is 0 Å². The molecule has 4 atom stereocenters. The minimum atomic E-state index is -1.03. The number of esters is 1. The van der Waals surface area contributed by atoms with Crippen LogP contribution in [0.3, 0.4) is 0 Å². The van der Waals surface area contributed by atoms with Crippen LogP contribution in [-0.2, 0) is 25.5 Å². The smallest absolute Gasteiger partial charge is 0.330 e. The number of nitrogens with zero attached hydrogens (tertiary/aromatic N) is 1.